The SMILES string of the molecule is Cn1cc(-c2cc3cc(CC(=O)C4CCN(Cc5cnccn5)CC4)ncc3cn2)cn1. The van der Waals surface area contributed by atoms with Crippen molar-refractivity contribution in [3.8, 4) is 11.3 Å². The van der Waals surface area contributed by atoms with E-state index in [1.807, 2.05) is 37.8 Å². The van der Waals surface area contributed by atoms with Crippen molar-refractivity contribution < 1.29 is 4.79 Å². The van der Waals surface area contributed by atoms with Crippen LogP contribution in [-0.2, 0) is 24.8 Å². The van der Waals surface area contributed by atoms with Gasteiger partial charge in [0.15, 0.2) is 0 Å². The summed E-state index contributed by atoms with van der Waals surface area (Å²) in [6, 6.07) is 4.05. The van der Waals surface area contributed by atoms with Crippen LogP contribution < -0.4 is 0 Å². The Labute approximate surface area is 186 Å². The van der Waals surface area contributed by atoms with Gasteiger partial charge in [0.05, 0.1) is 17.6 Å². The first-order valence-corrected chi connectivity index (χ1v) is 10.9. The Hall–Kier alpha value is -3.52. The van der Waals surface area contributed by atoms with Crippen LogP contribution in [0.5, 0.6) is 0 Å². The molecule has 0 bridgehead atoms. The topological polar surface area (TPSA) is 89.7 Å². The molecule has 0 atom stereocenters. The summed E-state index contributed by atoms with van der Waals surface area (Å²) in [6.07, 6.45) is 14.7. The number of nitrogens with zero attached hydrogens (tertiary/aromatic N) is 7. The van der Waals surface area contributed by atoms with E-state index in [2.05, 4.69) is 29.9 Å². The molecule has 0 saturated carbocycles. The number of aromatic nitrogens is 6. The minimum atomic E-state index is 0.0917. The van der Waals surface area contributed by atoms with Crippen molar-refractivity contribution in [3.05, 3.63) is 66.9 Å². The van der Waals surface area contributed by atoms with E-state index in [-0.39, 0.29) is 11.7 Å². The number of carbonyl (C=O) groups is 1. The molecular formula is C24H25N7O. The lowest BCUT2D eigenvalue weighted by Crippen LogP contribution is -2.36. The maximum Gasteiger partial charge on any atom is 0.142 e. The Bertz CT molecular complexity index is 1230. The summed E-state index contributed by atoms with van der Waals surface area (Å²) in [4.78, 5) is 32.8. The van der Waals surface area contributed by atoms with E-state index in [9.17, 15) is 4.79 Å². The molecule has 1 saturated heterocycles. The predicted octanol–water partition coefficient (Wildman–Crippen LogP) is 2.84. The molecule has 1 fully saturated rings. The number of likely N-dealkylation sites (tertiary alicyclic amines) is 1. The number of fused-ring (bicyclic) bond motifs is 1. The van der Waals surface area contributed by atoms with Gasteiger partial charge in [-0.1, -0.05) is 0 Å². The van der Waals surface area contributed by atoms with Gasteiger partial charge in [-0.3, -0.25) is 34.3 Å². The molecule has 5 heterocycles. The summed E-state index contributed by atoms with van der Waals surface area (Å²) in [5.74, 6) is 0.367. The highest BCUT2D eigenvalue weighted by Crippen LogP contribution is 2.24. The first-order chi connectivity index (χ1) is 15.6. The molecule has 0 amide bonds. The molecule has 8 heteroatoms. The first kappa shape index (κ1) is 20.4. The zero-order chi connectivity index (χ0) is 21.9. The summed E-state index contributed by atoms with van der Waals surface area (Å²) >= 11 is 0. The van der Waals surface area contributed by atoms with E-state index in [4.69, 9.17) is 0 Å². The molecule has 0 aromatic carbocycles. The molecule has 1 aliphatic heterocycles. The van der Waals surface area contributed by atoms with Crippen LogP contribution in [0.2, 0.25) is 0 Å². The molecule has 0 N–H and O–H groups in total. The van der Waals surface area contributed by atoms with Crippen LogP contribution >= 0.6 is 0 Å². The summed E-state index contributed by atoms with van der Waals surface area (Å²) in [6.45, 7) is 2.59. The van der Waals surface area contributed by atoms with Crippen molar-refractivity contribution >= 4 is 16.6 Å². The van der Waals surface area contributed by atoms with Gasteiger partial charge in [-0.05, 0) is 43.5 Å². The third-order valence-electron chi connectivity index (χ3n) is 6.06. The van der Waals surface area contributed by atoms with Gasteiger partial charge >= 0.3 is 0 Å². The fourth-order valence-electron chi connectivity index (χ4n) is 4.27. The van der Waals surface area contributed by atoms with Crippen LogP contribution in [-0.4, -0.2) is 53.5 Å². The predicted molar refractivity (Wildman–Crippen MR) is 120 cm³/mol. The number of hydrogen-bond acceptors (Lipinski definition) is 7. The van der Waals surface area contributed by atoms with Crippen LogP contribution in [0.4, 0.5) is 0 Å². The number of aryl methyl sites for hydroxylation is 1. The van der Waals surface area contributed by atoms with Crippen molar-refractivity contribution in [1.29, 1.82) is 0 Å². The van der Waals surface area contributed by atoms with Crippen molar-refractivity contribution in [2.75, 3.05) is 13.1 Å². The van der Waals surface area contributed by atoms with Crippen LogP contribution in [0.15, 0.2) is 55.5 Å². The molecule has 4 aromatic rings. The van der Waals surface area contributed by atoms with E-state index in [0.717, 1.165) is 65.9 Å². The largest absolute Gasteiger partial charge is 0.299 e. The quantitative estimate of drug-likeness (QED) is 0.467. The monoisotopic (exact) mass is 427 g/mol. The summed E-state index contributed by atoms with van der Waals surface area (Å²) in [5, 5.41) is 6.22. The van der Waals surface area contributed by atoms with Gasteiger partial charge in [0.2, 0.25) is 0 Å². The Morgan fingerprint density at radius 2 is 1.81 bits per heavy atom. The Morgan fingerprint density at radius 1 is 0.969 bits per heavy atom. The van der Waals surface area contributed by atoms with E-state index in [0.29, 0.717) is 6.42 Å². The standard InChI is InChI=1S/C24H25N7O/c1-30-15-20(13-29-30)23-9-18-8-21(27-11-19(18)12-28-23)10-24(32)17-2-6-31(7-3-17)16-22-14-25-4-5-26-22/h4-5,8-9,11-15,17H,2-3,6-7,10,16H2,1H3. The molecule has 0 spiro atoms. The van der Waals surface area contributed by atoms with Gasteiger partial charge in [-0.2, -0.15) is 5.10 Å². The van der Waals surface area contributed by atoms with Gasteiger partial charge in [-0.25, -0.2) is 0 Å². The highest BCUT2D eigenvalue weighted by molar-refractivity contribution is 5.87. The highest BCUT2D eigenvalue weighted by Gasteiger charge is 2.25. The Balaban J connectivity index is 1.22. The second kappa shape index (κ2) is 8.92. The van der Waals surface area contributed by atoms with Crippen LogP contribution in [0, 0.1) is 5.92 Å². The maximum absolute atomic E-state index is 13.0. The van der Waals surface area contributed by atoms with E-state index >= 15 is 0 Å². The molecule has 162 valence electrons. The number of rotatable bonds is 6. The number of piperidine rings is 1. The number of hydrogen-bond donors (Lipinski definition) is 0. The average molecular weight is 428 g/mol. The second-order valence-corrected chi connectivity index (χ2v) is 8.39. The lowest BCUT2D eigenvalue weighted by atomic mass is 9.90. The smallest absolute Gasteiger partial charge is 0.142 e. The van der Waals surface area contributed by atoms with E-state index in [1.54, 1.807) is 29.5 Å². The van der Waals surface area contributed by atoms with Gasteiger partial charge in [0.25, 0.3) is 0 Å². The lowest BCUT2D eigenvalue weighted by Gasteiger charge is -2.30. The molecular weight excluding hydrogens is 402 g/mol. The average Bonchev–Trinajstić information content (AvgIpc) is 3.26. The van der Waals surface area contributed by atoms with Gasteiger partial charge in [0.1, 0.15) is 5.78 Å². The number of pyridine rings is 2. The highest BCUT2D eigenvalue weighted by atomic mass is 16.1. The third kappa shape index (κ3) is 4.55. The van der Waals surface area contributed by atoms with Crippen LogP contribution in [0.1, 0.15) is 24.2 Å². The lowest BCUT2D eigenvalue weighted by molar-refractivity contribution is -0.123. The summed E-state index contributed by atoms with van der Waals surface area (Å²) in [5.41, 5.74) is 3.62. The number of ketones is 1. The minimum absolute atomic E-state index is 0.0917. The van der Waals surface area contributed by atoms with Crippen LogP contribution in [0.25, 0.3) is 22.0 Å². The summed E-state index contributed by atoms with van der Waals surface area (Å²) in [7, 11) is 1.89. The molecule has 4 aromatic heterocycles. The maximum atomic E-state index is 13.0. The minimum Gasteiger partial charge on any atom is -0.299 e. The molecule has 0 radical (unpaired) electrons. The Kier molecular flexibility index (Phi) is 5.68. The fraction of sp³-hybridized carbons (Fsp3) is 0.333. The summed E-state index contributed by atoms with van der Waals surface area (Å²) < 4.78 is 1.76. The Morgan fingerprint density at radius 3 is 2.56 bits per heavy atom. The molecule has 0 unspecified atom stereocenters. The van der Waals surface area contributed by atoms with Crippen molar-refractivity contribution in [2.24, 2.45) is 13.0 Å². The molecule has 0 aliphatic carbocycles. The van der Waals surface area contributed by atoms with Crippen molar-refractivity contribution in [2.45, 2.75) is 25.8 Å². The zero-order valence-electron chi connectivity index (χ0n) is 18.1. The first-order valence-electron chi connectivity index (χ1n) is 10.9. The van der Waals surface area contributed by atoms with Crippen molar-refractivity contribution in [3.63, 3.8) is 0 Å². The zero-order valence-corrected chi connectivity index (χ0v) is 18.1. The molecule has 8 nitrogen and oxygen atoms in total. The molecule has 5 rings (SSSR count). The van der Waals surface area contributed by atoms with E-state index < -0.39 is 0 Å². The van der Waals surface area contributed by atoms with E-state index in [1.165, 1.54) is 0 Å². The fourth-order valence-corrected chi connectivity index (χ4v) is 4.27. The normalized spacial score (nSPS) is 15.3. The third-order valence-corrected chi connectivity index (χ3v) is 6.06. The molecule has 1 aliphatic rings. The van der Waals surface area contributed by atoms with Gasteiger partial charge in [-0.15, -0.1) is 0 Å². The van der Waals surface area contributed by atoms with Gasteiger partial charge in [0, 0.05) is 79.8 Å². The number of carbonyl (C=O) groups excluding carboxylic acids is 1. The van der Waals surface area contributed by atoms with Crippen LogP contribution in [0.3, 0.4) is 0 Å². The molecule has 32 heavy (non-hydrogen) atoms. The van der Waals surface area contributed by atoms with Crippen molar-refractivity contribution in [1.82, 2.24) is 34.6 Å². The second-order valence-electron chi connectivity index (χ2n) is 8.39. The number of Topliss-reactive ketones (excluding diaryl/α,β-unsaturated/α-hetero) is 1. The van der Waals surface area contributed by atoms with Gasteiger partial charge < -0.3 is 0 Å².